The van der Waals surface area contributed by atoms with Gasteiger partial charge in [0, 0.05) is 38.1 Å². The number of hydrogen-bond acceptors (Lipinski definition) is 5. The van der Waals surface area contributed by atoms with Crippen molar-refractivity contribution in [1.29, 1.82) is 0 Å². The fourth-order valence-electron chi connectivity index (χ4n) is 2.43. The third-order valence-electron chi connectivity index (χ3n) is 3.45. The summed E-state index contributed by atoms with van der Waals surface area (Å²) in [7, 11) is 0. The maximum Gasteiger partial charge on any atom is 0.134 e. The molecule has 106 valence electrons. The lowest BCUT2D eigenvalue weighted by molar-refractivity contribution is 0.555. The molecule has 0 spiro atoms. The number of rotatable bonds is 4. The van der Waals surface area contributed by atoms with Crippen molar-refractivity contribution < 1.29 is 0 Å². The average Bonchev–Trinajstić information content (AvgIpc) is 2.92. The van der Waals surface area contributed by atoms with Crippen molar-refractivity contribution in [3.63, 3.8) is 0 Å². The first-order chi connectivity index (χ1) is 9.76. The molecule has 6 nitrogen and oxygen atoms in total. The van der Waals surface area contributed by atoms with Gasteiger partial charge in [-0.15, -0.1) is 0 Å². The zero-order chi connectivity index (χ0) is 13.9. The first-order valence-corrected chi connectivity index (χ1v) is 7.11. The Balaban J connectivity index is 1.82. The minimum absolute atomic E-state index is 0.801. The molecule has 3 rings (SSSR count). The Morgan fingerprint density at radius 2 is 2.20 bits per heavy atom. The van der Waals surface area contributed by atoms with E-state index in [1.807, 2.05) is 25.4 Å². The number of fused-ring (bicyclic) bond motifs is 1. The second-order valence-corrected chi connectivity index (χ2v) is 5.04. The summed E-state index contributed by atoms with van der Waals surface area (Å²) < 4.78 is 2.20. The van der Waals surface area contributed by atoms with Crippen LogP contribution in [0.2, 0.25) is 0 Å². The SMILES string of the molecule is CCCNc1cc(N2CCn3ccnc3C2)nc(C)n1. The number of anilines is 2. The van der Waals surface area contributed by atoms with Crippen LogP contribution in [0.25, 0.3) is 0 Å². The van der Waals surface area contributed by atoms with Crippen LogP contribution in [0.1, 0.15) is 25.0 Å². The van der Waals surface area contributed by atoms with Gasteiger partial charge in [-0.1, -0.05) is 6.92 Å². The zero-order valence-electron chi connectivity index (χ0n) is 12.0. The third-order valence-corrected chi connectivity index (χ3v) is 3.45. The topological polar surface area (TPSA) is 58.9 Å². The van der Waals surface area contributed by atoms with Gasteiger partial charge in [0.25, 0.3) is 0 Å². The normalized spacial score (nSPS) is 14.2. The highest BCUT2D eigenvalue weighted by atomic mass is 15.3. The highest BCUT2D eigenvalue weighted by molar-refractivity contribution is 5.49. The Morgan fingerprint density at radius 3 is 3.05 bits per heavy atom. The smallest absolute Gasteiger partial charge is 0.134 e. The van der Waals surface area contributed by atoms with Crippen LogP contribution in [-0.2, 0) is 13.1 Å². The first-order valence-electron chi connectivity index (χ1n) is 7.11. The lowest BCUT2D eigenvalue weighted by Crippen LogP contribution is -2.34. The van der Waals surface area contributed by atoms with E-state index in [4.69, 9.17) is 0 Å². The van der Waals surface area contributed by atoms with E-state index in [9.17, 15) is 0 Å². The van der Waals surface area contributed by atoms with Gasteiger partial charge >= 0.3 is 0 Å². The number of imidazole rings is 1. The van der Waals surface area contributed by atoms with E-state index in [0.29, 0.717) is 0 Å². The number of nitrogens with one attached hydrogen (secondary N) is 1. The molecule has 2 aromatic rings. The number of aryl methyl sites for hydroxylation is 1. The minimum Gasteiger partial charge on any atom is -0.370 e. The van der Waals surface area contributed by atoms with E-state index < -0.39 is 0 Å². The highest BCUT2D eigenvalue weighted by Gasteiger charge is 2.18. The van der Waals surface area contributed by atoms with Gasteiger partial charge in [0.1, 0.15) is 23.3 Å². The van der Waals surface area contributed by atoms with Crippen LogP contribution < -0.4 is 10.2 Å². The average molecular weight is 272 g/mol. The lowest BCUT2D eigenvalue weighted by atomic mass is 10.3. The van der Waals surface area contributed by atoms with Crippen molar-refractivity contribution in [3.05, 3.63) is 30.1 Å². The molecule has 1 aliphatic rings. The molecule has 20 heavy (non-hydrogen) atoms. The van der Waals surface area contributed by atoms with Crippen LogP contribution in [0, 0.1) is 6.92 Å². The van der Waals surface area contributed by atoms with Crippen LogP contribution >= 0.6 is 0 Å². The molecule has 3 heterocycles. The summed E-state index contributed by atoms with van der Waals surface area (Å²) in [4.78, 5) is 15.6. The van der Waals surface area contributed by atoms with Crippen LogP contribution in [-0.4, -0.2) is 32.6 Å². The molecule has 1 aliphatic heterocycles. The maximum atomic E-state index is 4.56. The lowest BCUT2D eigenvalue weighted by Gasteiger charge is -2.29. The van der Waals surface area contributed by atoms with Crippen molar-refractivity contribution in [2.45, 2.75) is 33.4 Å². The molecule has 0 amide bonds. The van der Waals surface area contributed by atoms with Gasteiger partial charge in [0.2, 0.25) is 0 Å². The summed E-state index contributed by atoms with van der Waals surface area (Å²) in [5.41, 5.74) is 0. The summed E-state index contributed by atoms with van der Waals surface area (Å²) in [6.07, 6.45) is 4.98. The van der Waals surface area contributed by atoms with Gasteiger partial charge in [-0.25, -0.2) is 15.0 Å². The Morgan fingerprint density at radius 1 is 1.30 bits per heavy atom. The van der Waals surface area contributed by atoms with E-state index in [-0.39, 0.29) is 0 Å². The van der Waals surface area contributed by atoms with Gasteiger partial charge < -0.3 is 14.8 Å². The van der Waals surface area contributed by atoms with Gasteiger partial charge in [-0.05, 0) is 13.3 Å². The second kappa shape index (κ2) is 5.48. The number of hydrogen-bond donors (Lipinski definition) is 1. The molecule has 0 fully saturated rings. The molecule has 0 saturated carbocycles. The summed E-state index contributed by atoms with van der Waals surface area (Å²) >= 11 is 0. The van der Waals surface area contributed by atoms with Crippen molar-refractivity contribution in [3.8, 4) is 0 Å². The molecule has 0 radical (unpaired) electrons. The molecule has 0 unspecified atom stereocenters. The molecule has 0 aromatic carbocycles. The van der Waals surface area contributed by atoms with Crippen LogP contribution in [0.5, 0.6) is 0 Å². The fraction of sp³-hybridized carbons (Fsp3) is 0.500. The quantitative estimate of drug-likeness (QED) is 0.920. The molecule has 2 aromatic heterocycles. The van der Waals surface area contributed by atoms with Gasteiger partial charge in [-0.2, -0.15) is 0 Å². The monoisotopic (exact) mass is 272 g/mol. The first kappa shape index (κ1) is 12.9. The zero-order valence-corrected chi connectivity index (χ0v) is 12.0. The van der Waals surface area contributed by atoms with Crippen LogP contribution in [0.15, 0.2) is 18.5 Å². The van der Waals surface area contributed by atoms with E-state index in [2.05, 4.69) is 36.7 Å². The molecule has 0 aliphatic carbocycles. The van der Waals surface area contributed by atoms with Gasteiger partial charge in [0.05, 0.1) is 6.54 Å². The summed E-state index contributed by atoms with van der Waals surface area (Å²) in [6.45, 7) is 7.72. The van der Waals surface area contributed by atoms with Crippen molar-refractivity contribution in [1.82, 2.24) is 19.5 Å². The van der Waals surface area contributed by atoms with Crippen LogP contribution in [0.4, 0.5) is 11.6 Å². The maximum absolute atomic E-state index is 4.56. The van der Waals surface area contributed by atoms with Crippen molar-refractivity contribution >= 4 is 11.6 Å². The van der Waals surface area contributed by atoms with Crippen LogP contribution in [0.3, 0.4) is 0 Å². The second-order valence-electron chi connectivity index (χ2n) is 5.04. The molecular formula is C14H20N6. The van der Waals surface area contributed by atoms with E-state index in [1.54, 1.807) is 0 Å². The highest BCUT2D eigenvalue weighted by Crippen LogP contribution is 2.20. The molecule has 0 atom stereocenters. The Labute approximate surface area is 118 Å². The molecule has 1 N–H and O–H groups in total. The van der Waals surface area contributed by atoms with Gasteiger partial charge in [-0.3, -0.25) is 0 Å². The van der Waals surface area contributed by atoms with E-state index >= 15 is 0 Å². The predicted molar refractivity (Wildman–Crippen MR) is 78.8 cm³/mol. The number of aromatic nitrogens is 4. The Kier molecular flexibility index (Phi) is 3.54. The summed E-state index contributed by atoms with van der Waals surface area (Å²) in [6, 6.07) is 2.03. The standard InChI is InChI=1S/C14H20N6/c1-3-4-15-12-9-13(18-11(2)17-12)20-8-7-19-6-5-16-14(19)10-20/h5-6,9H,3-4,7-8,10H2,1-2H3,(H,15,17,18). The molecule has 0 bridgehead atoms. The van der Waals surface area contributed by atoms with E-state index in [1.165, 1.54) is 0 Å². The minimum atomic E-state index is 0.801. The Hall–Kier alpha value is -2.11. The predicted octanol–water partition coefficient (Wildman–Crippen LogP) is 1.82. The third kappa shape index (κ3) is 2.59. The molecule has 0 saturated heterocycles. The fourth-order valence-corrected chi connectivity index (χ4v) is 2.43. The van der Waals surface area contributed by atoms with E-state index in [0.717, 1.165) is 55.9 Å². The number of nitrogens with zero attached hydrogens (tertiary/aromatic N) is 5. The van der Waals surface area contributed by atoms with Crippen molar-refractivity contribution in [2.24, 2.45) is 0 Å². The Bertz CT molecular complexity index is 591. The summed E-state index contributed by atoms with van der Waals surface area (Å²) in [5, 5.41) is 3.33. The van der Waals surface area contributed by atoms with Gasteiger partial charge in [0.15, 0.2) is 0 Å². The molecule has 6 heteroatoms. The molecular weight excluding hydrogens is 252 g/mol. The largest absolute Gasteiger partial charge is 0.370 e. The van der Waals surface area contributed by atoms with Crippen molar-refractivity contribution in [2.75, 3.05) is 23.3 Å². The summed E-state index contributed by atoms with van der Waals surface area (Å²) in [5.74, 6) is 3.78.